The van der Waals surface area contributed by atoms with Gasteiger partial charge in [0.25, 0.3) is 5.91 Å². The molecular formula is C25H21N5OS. The fraction of sp³-hybridized carbons (Fsp3) is 0.120. The van der Waals surface area contributed by atoms with Gasteiger partial charge >= 0.3 is 0 Å². The van der Waals surface area contributed by atoms with Crippen LogP contribution in [0.1, 0.15) is 21.6 Å². The van der Waals surface area contributed by atoms with Gasteiger partial charge in [-0.1, -0.05) is 53.3 Å². The van der Waals surface area contributed by atoms with Crippen molar-refractivity contribution in [3.05, 3.63) is 83.8 Å². The molecule has 3 aromatic heterocycles. The van der Waals surface area contributed by atoms with Crippen LogP contribution in [0.2, 0.25) is 0 Å². The molecule has 0 aliphatic heterocycles. The number of rotatable bonds is 4. The fourth-order valence-electron chi connectivity index (χ4n) is 3.69. The zero-order chi connectivity index (χ0) is 22.2. The van der Waals surface area contributed by atoms with E-state index in [0.717, 1.165) is 38.4 Å². The van der Waals surface area contributed by atoms with Gasteiger partial charge in [0.2, 0.25) is 0 Å². The summed E-state index contributed by atoms with van der Waals surface area (Å²) in [6.07, 6.45) is 3.66. The first kappa shape index (κ1) is 20.1. The molecule has 0 unspecified atom stereocenters. The molecule has 0 fully saturated rings. The number of aromatic nitrogens is 4. The molecule has 5 rings (SSSR count). The number of imidazole rings is 1. The van der Waals surface area contributed by atoms with Gasteiger partial charge in [0.15, 0.2) is 11.0 Å². The van der Waals surface area contributed by atoms with E-state index in [9.17, 15) is 4.79 Å². The average Bonchev–Trinajstić information content (AvgIpc) is 3.39. The van der Waals surface area contributed by atoms with E-state index >= 15 is 0 Å². The van der Waals surface area contributed by atoms with Crippen molar-refractivity contribution in [3.63, 3.8) is 0 Å². The molecule has 0 radical (unpaired) electrons. The summed E-state index contributed by atoms with van der Waals surface area (Å²) in [5.74, 6) is 0.582. The normalized spacial score (nSPS) is 11.1. The minimum absolute atomic E-state index is 0.224. The third-order valence-corrected chi connectivity index (χ3v) is 6.29. The lowest BCUT2D eigenvalue weighted by Crippen LogP contribution is -2.14. The SMILES string of the molecule is Cc1ccc2nc(C)c(C(=O)Nc3nc(-c4ccccc4)c(-c4nccn4C)s3)cc2c1. The van der Waals surface area contributed by atoms with Gasteiger partial charge in [0.1, 0.15) is 0 Å². The van der Waals surface area contributed by atoms with Gasteiger partial charge in [-0.3, -0.25) is 15.1 Å². The monoisotopic (exact) mass is 439 g/mol. The van der Waals surface area contributed by atoms with E-state index in [0.29, 0.717) is 16.4 Å². The number of pyridine rings is 1. The first-order valence-electron chi connectivity index (χ1n) is 10.2. The van der Waals surface area contributed by atoms with Crippen LogP contribution < -0.4 is 5.32 Å². The van der Waals surface area contributed by atoms with Gasteiger partial charge in [0, 0.05) is 30.4 Å². The number of benzene rings is 2. The highest BCUT2D eigenvalue weighted by atomic mass is 32.1. The molecule has 0 aliphatic rings. The molecule has 0 saturated heterocycles. The number of amides is 1. The van der Waals surface area contributed by atoms with Crippen LogP contribution in [0, 0.1) is 13.8 Å². The highest BCUT2D eigenvalue weighted by Gasteiger charge is 2.20. The van der Waals surface area contributed by atoms with Crippen molar-refractivity contribution in [1.29, 1.82) is 0 Å². The summed E-state index contributed by atoms with van der Waals surface area (Å²) in [5, 5.41) is 4.45. The molecule has 5 aromatic rings. The first-order chi connectivity index (χ1) is 15.5. The Labute approximate surface area is 189 Å². The van der Waals surface area contributed by atoms with Crippen molar-refractivity contribution < 1.29 is 4.79 Å². The van der Waals surface area contributed by atoms with Crippen LogP contribution in [0.3, 0.4) is 0 Å². The maximum atomic E-state index is 13.2. The highest BCUT2D eigenvalue weighted by molar-refractivity contribution is 7.19. The minimum Gasteiger partial charge on any atom is -0.333 e. The summed E-state index contributed by atoms with van der Waals surface area (Å²) in [7, 11) is 1.95. The molecule has 6 nitrogen and oxygen atoms in total. The largest absolute Gasteiger partial charge is 0.333 e. The lowest BCUT2D eigenvalue weighted by Gasteiger charge is -2.07. The Kier molecular flexibility index (Phi) is 5.03. The van der Waals surface area contributed by atoms with E-state index in [-0.39, 0.29) is 5.91 Å². The van der Waals surface area contributed by atoms with Crippen molar-refractivity contribution in [2.24, 2.45) is 7.05 Å². The maximum Gasteiger partial charge on any atom is 0.259 e. The topological polar surface area (TPSA) is 72.7 Å². The van der Waals surface area contributed by atoms with Gasteiger partial charge in [0.05, 0.1) is 27.3 Å². The first-order valence-corrected chi connectivity index (χ1v) is 11.0. The average molecular weight is 440 g/mol. The van der Waals surface area contributed by atoms with Gasteiger partial charge in [-0.15, -0.1) is 0 Å². The van der Waals surface area contributed by atoms with Crippen LogP contribution in [0.5, 0.6) is 0 Å². The van der Waals surface area contributed by atoms with Crippen molar-refractivity contribution in [2.45, 2.75) is 13.8 Å². The molecule has 0 bridgehead atoms. The Balaban J connectivity index is 1.54. The van der Waals surface area contributed by atoms with Crippen LogP contribution in [0.25, 0.3) is 32.9 Å². The molecular weight excluding hydrogens is 418 g/mol. The van der Waals surface area contributed by atoms with Gasteiger partial charge in [-0.25, -0.2) is 9.97 Å². The predicted octanol–water partition coefficient (Wildman–Crippen LogP) is 5.63. The third-order valence-electron chi connectivity index (χ3n) is 5.32. The number of thiazole rings is 1. The van der Waals surface area contributed by atoms with Crippen LogP contribution in [0.4, 0.5) is 5.13 Å². The van der Waals surface area contributed by atoms with Gasteiger partial charge in [-0.05, 0) is 32.0 Å². The number of aryl methyl sites for hydroxylation is 3. The number of hydrogen-bond acceptors (Lipinski definition) is 5. The number of fused-ring (bicyclic) bond motifs is 1. The number of anilines is 1. The predicted molar refractivity (Wildman–Crippen MR) is 129 cm³/mol. The molecule has 1 N–H and O–H groups in total. The number of carbonyl (C=O) groups is 1. The Hall–Kier alpha value is -3.84. The van der Waals surface area contributed by atoms with Crippen LogP contribution in [0.15, 0.2) is 67.0 Å². The Morgan fingerprint density at radius 1 is 1.03 bits per heavy atom. The lowest BCUT2D eigenvalue weighted by molar-refractivity contribution is 0.102. The van der Waals surface area contributed by atoms with Gasteiger partial charge in [-0.2, -0.15) is 0 Å². The lowest BCUT2D eigenvalue weighted by atomic mass is 10.1. The molecule has 0 spiro atoms. The molecule has 0 atom stereocenters. The second kappa shape index (κ2) is 8.01. The quantitative estimate of drug-likeness (QED) is 0.394. The van der Waals surface area contributed by atoms with Crippen molar-refractivity contribution >= 4 is 33.3 Å². The molecule has 158 valence electrons. The Bertz CT molecular complexity index is 1450. The van der Waals surface area contributed by atoms with E-state index in [4.69, 9.17) is 4.98 Å². The van der Waals surface area contributed by atoms with Crippen LogP contribution >= 0.6 is 11.3 Å². The van der Waals surface area contributed by atoms with E-state index in [1.54, 1.807) is 6.20 Å². The Morgan fingerprint density at radius 2 is 1.84 bits per heavy atom. The second-order valence-corrected chi connectivity index (χ2v) is 8.70. The number of hydrogen-bond donors (Lipinski definition) is 1. The Morgan fingerprint density at radius 3 is 2.59 bits per heavy atom. The molecule has 0 saturated carbocycles. The zero-order valence-corrected chi connectivity index (χ0v) is 18.8. The zero-order valence-electron chi connectivity index (χ0n) is 18.0. The summed E-state index contributed by atoms with van der Waals surface area (Å²) in [5.41, 5.74) is 5.00. The molecule has 0 aliphatic carbocycles. The molecule has 7 heteroatoms. The molecule has 2 aromatic carbocycles. The van der Waals surface area contributed by atoms with E-state index < -0.39 is 0 Å². The van der Waals surface area contributed by atoms with E-state index in [1.165, 1.54) is 11.3 Å². The summed E-state index contributed by atoms with van der Waals surface area (Å²) in [4.78, 5) is 27.9. The van der Waals surface area contributed by atoms with Crippen LogP contribution in [-0.2, 0) is 7.05 Å². The number of nitrogens with zero attached hydrogens (tertiary/aromatic N) is 4. The van der Waals surface area contributed by atoms with E-state index in [1.807, 2.05) is 86.3 Å². The number of nitrogens with one attached hydrogen (secondary N) is 1. The molecule has 3 heterocycles. The molecule has 1 amide bonds. The maximum absolute atomic E-state index is 13.2. The van der Waals surface area contributed by atoms with Gasteiger partial charge < -0.3 is 4.57 Å². The summed E-state index contributed by atoms with van der Waals surface area (Å²) >= 11 is 1.41. The van der Waals surface area contributed by atoms with E-state index in [2.05, 4.69) is 15.3 Å². The second-order valence-electron chi connectivity index (χ2n) is 7.70. The highest BCUT2D eigenvalue weighted by Crippen LogP contribution is 2.38. The summed E-state index contributed by atoms with van der Waals surface area (Å²) in [6.45, 7) is 3.88. The summed E-state index contributed by atoms with van der Waals surface area (Å²) < 4.78 is 1.95. The minimum atomic E-state index is -0.224. The molecule has 32 heavy (non-hydrogen) atoms. The number of carbonyl (C=O) groups excluding carboxylic acids is 1. The summed E-state index contributed by atoms with van der Waals surface area (Å²) in [6, 6.07) is 17.9. The van der Waals surface area contributed by atoms with Crippen LogP contribution in [-0.4, -0.2) is 25.4 Å². The van der Waals surface area contributed by atoms with Crippen molar-refractivity contribution in [1.82, 2.24) is 19.5 Å². The van der Waals surface area contributed by atoms with Crippen molar-refractivity contribution in [2.75, 3.05) is 5.32 Å². The standard InChI is InChI=1S/C25H21N5OS/c1-15-9-10-20-18(13-15)14-19(16(2)27-20)24(31)29-25-28-21(17-7-5-4-6-8-17)22(32-25)23-26-11-12-30(23)3/h4-14H,1-3H3,(H,28,29,31). The van der Waals surface area contributed by atoms with Crippen molar-refractivity contribution in [3.8, 4) is 22.0 Å². The third kappa shape index (κ3) is 3.67. The fourth-order valence-corrected chi connectivity index (χ4v) is 4.71. The smallest absolute Gasteiger partial charge is 0.259 e.